The molecule has 0 amide bonds. The van der Waals surface area contributed by atoms with Crippen molar-refractivity contribution < 1.29 is 0 Å². The fraction of sp³-hybridized carbons (Fsp3) is 0.200. The summed E-state index contributed by atoms with van der Waals surface area (Å²) in [5.74, 6) is 0.412. The van der Waals surface area contributed by atoms with Crippen LogP contribution < -0.4 is 5.73 Å². The van der Waals surface area contributed by atoms with Crippen LogP contribution in [0.3, 0.4) is 0 Å². The molecule has 0 aliphatic heterocycles. The maximum Gasteiger partial charge on any atom is 0.136 e. The average molecular weight is 173 g/mol. The molecule has 1 unspecified atom stereocenters. The summed E-state index contributed by atoms with van der Waals surface area (Å²) < 4.78 is 0. The maximum atomic E-state index is 8.52. The number of benzene rings is 1. The number of nitrogens with zero attached hydrogens (tertiary/aromatic N) is 2. The van der Waals surface area contributed by atoms with Crippen LogP contribution in [0.4, 0.5) is 0 Å². The highest BCUT2D eigenvalue weighted by molar-refractivity contribution is 5.97. The highest BCUT2D eigenvalue weighted by Crippen LogP contribution is 1.99. The van der Waals surface area contributed by atoms with Crippen molar-refractivity contribution in [2.24, 2.45) is 10.7 Å². The number of aliphatic imine (C=N–C) groups is 1. The molecule has 1 aromatic carbocycles. The Morgan fingerprint density at radius 3 is 2.62 bits per heavy atom. The zero-order valence-electron chi connectivity index (χ0n) is 7.44. The largest absolute Gasteiger partial charge is 0.383 e. The van der Waals surface area contributed by atoms with Crippen LogP contribution in [0, 0.1) is 11.3 Å². The lowest BCUT2D eigenvalue weighted by Gasteiger charge is -2.00. The van der Waals surface area contributed by atoms with Gasteiger partial charge in [0.2, 0.25) is 0 Å². The molecule has 3 nitrogen and oxygen atoms in total. The summed E-state index contributed by atoms with van der Waals surface area (Å²) in [5, 5.41) is 8.52. The van der Waals surface area contributed by atoms with Crippen LogP contribution in [0.15, 0.2) is 35.3 Å². The molecule has 0 aromatic heterocycles. The van der Waals surface area contributed by atoms with E-state index in [2.05, 4.69) is 4.99 Å². The standard InChI is InChI=1S/C10H11N3/c1-8(7-11)13-10(12)9-5-3-2-4-6-9/h2-6,8H,1H3,(H2,12,13). The SMILES string of the molecule is CC(C#N)N=C(N)c1ccccc1. The van der Waals surface area contributed by atoms with Gasteiger partial charge in [0.05, 0.1) is 6.07 Å². The van der Waals surface area contributed by atoms with Gasteiger partial charge in [0.25, 0.3) is 0 Å². The van der Waals surface area contributed by atoms with E-state index in [0.29, 0.717) is 5.84 Å². The topological polar surface area (TPSA) is 62.2 Å². The van der Waals surface area contributed by atoms with E-state index in [0.717, 1.165) is 5.56 Å². The van der Waals surface area contributed by atoms with Gasteiger partial charge in [-0.25, -0.2) is 4.99 Å². The number of hydrogen-bond donors (Lipinski definition) is 1. The number of rotatable bonds is 2. The average Bonchev–Trinajstić information content (AvgIpc) is 2.19. The molecule has 2 N–H and O–H groups in total. The maximum absolute atomic E-state index is 8.52. The van der Waals surface area contributed by atoms with Gasteiger partial charge in [0.1, 0.15) is 11.9 Å². The van der Waals surface area contributed by atoms with Crippen molar-refractivity contribution in [3.63, 3.8) is 0 Å². The van der Waals surface area contributed by atoms with Gasteiger partial charge in [-0.05, 0) is 6.92 Å². The van der Waals surface area contributed by atoms with Gasteiger partial charge < -0.3 is 5.73 Å². The van der Waals surface area contributed by atoms with E-state index in [1.165, 1.54) is 0 Å². The van der Waals surface area contributed by atoms with Gasteiger partial charge in [-0.15, -0.1) is 0 Å². The highest BCUT2D eigenvalue weighted by atomic mass is 14.9. The van der Waals surface area contributed by atoms with Crippen molar-refractivity contribution in [1.82, 2.24) is 0 Å². The summed E-state index contributed by atoms with van der Waals surface area (Å²) in [5.41, 5.74) is 6.52. The van der Waals surface area contributed by atoms with E-state index >= 15 is 0 Å². The summed E-state index contributed by atoms with van der Waals surface area (Å²) in [6, 6.07) is 11.0. The smallest absolute Gasteiger partial charge is 0.136 e. The Kier molecular flexibility index (Phi) is 3.04. The normalized spacial score (nSPS) is 13.4. The van der Waals surface area contributed by atoms with Gasteiger partial charge in [-0.3, -0.25) is 0 Å². The summed E-state index contributed by atoms with van der Waals surface area (Å²) in [7, 11) is 0. The number of nitrogens with two attached hydrogens (primary N) is 1. The third-order valence-electron chi connectivity index (χ3n) is 1.59. The zero-order valence-corrected chi connectivity index (χ0v) is 7.44. The predicted octanol–water partition coefficient (Wildman–Crippen LogP) is 1.30. The molecule has 13 heavy (non-hydrogen) atoms. The van der Waals surface area contributed by atoms with Crippen LogP contribution in [-0.2, 0) is 0 Å². The monoisotopic (exact) mass is 173 g/mol. The van der Waals surface area contributed by atoms with E-state index in [4.69, 9.17) is 11.0 Å². The van der Waals surface area contributed by atoms with Crippen molar-refractivity contribution in [1.29, 1.82) is 5.26 Å². The minimum Gasteiger partial charge on any atom is -0.383 e. The first-order valence-corrected chi connectivity index (χ1v) is 4.02. The van der Waals surface area contributed by atoms with Crippen LogP contribution in [0.25, 0.3) is 0 Å². The molecule has 0 aliphatic rings. The molecule has 0 saturated heterocycles. The second-order valence-corrected chi connectivity index (χ2v) is 2.69. The molecule has 66 valence electrons. The summed E-state index contributed by atoms with van der Waals surface area (Å²) >= 11 is 0. The van der Waals surface area contributed by atoms with Gasteiger partial charge in [-0.1, -0.05) is 30.3 Å². The first-order chi connectivity index (χ1) is 6.24. The quantitative estimate of drug-likeness (QED) is 0.541. The van der Waals surface area contributed by atoms with Crippen molar-refractivity contribution in [3.05, 3.63) is 35.9 Å². The van der Waals surface area contributed by atoms with Gasteiger partial charge in [-0.2, -0.15) is 5.26 Å². The molecule has 1 aromatic rings. The fourth-order valence-corrected chi connectivity index (χ4v) is 0.921. The van der Waals surface area contributed by atoms with E-state index in [1.54, 1.807) is 6.92 Å². The Labute approximate surface area is 77.5 Å². The zero-order chi connectivity index (χ0) is 9.68. The fourth-order valence-electron chi connectivity index (χ4n) is 0.921. The van der Waals surface area contributed by atoms with Gasteiger partial charge >= 0.3 is 0 Å². The van der Waals surface area contributed by atoms with Crippen LogP contribution >= 0.6 is 0 Å². The molecule has 0 saturated carbocycles. The van der Waals surface area contributed by atoms with Crippen molar-refractivity contribution in [2.45, 2.75) is 13.0 Å². The van der Waals surface area contributed by atoms with Crippen molar-refractivity contribution in [3.8, 4) is 6.07 Å². The van der Waals surface area contributed by atoms with E-state index < -0.39 is 0 Å². The Morgan fingerprint density at radius 2 is 2.08 bits per heavy atom. The molecule has 0 bridgehead atoms. The third-order valence-corrected chi connectivity index (χ3v) is 1.59. The molecular weight excluding hydrogens is 162 g/mol. The number of hydrogen-bond acceptors (Lipinski definition) is 2. The second-order valence-electron chi connectivity index (χ2n) is 2.69. The molecule has 1 rings (SSSR count). The third kappa shape index (κ3) is 2.60. The van der Waals surface area contributed by atoms with Crippen molar-refractivity contribution in [2.75, 3.05) is 0 Å². The minimum atomic E-state index is -0.389. The van der Waals surface area contributed by atoms with Crippen LogP contribution in [-0.4, -0.2) is 11.9 Å². The highest BCUT2D eigenvalue weighted by Gasteiger charge is 1.99. The summed E-state index contributed by atoms with van der Waals surface area (Å²) in [4.78, 5) is 4.00. The minimum absolute atomic E-state index is 0.389. The Morgan fingerprint density at radius 1 is 1.46 bits per heavy atom. The first kappa shape index (κ1) is 9.27. The van der Waals surface area contributed by atoms with Crippen LogP contribution in [0.1, 0.15) is 12.5 Å². The predicted molar refractivity (Wildman–Crippen MR) is 52.2 cm³/mol. The van der Waals surface area contributed by atoms with E-state index in [1.807, 2.05) is 36.4 Å². The molecule has 0 fully saturated rings. The lowest BCUT2D eigenvalue weighted by atomic mass is 10.2. The van der Waals surface area contributed by atoms with E-state index in [-0.39, 0.29) is 6.04 Å². The Bertz CT molecular complexity index is 335. The van der Waals surface area contributed by atoms with Crippen molar-refractivity contribution >= 4 is 5.84 Å². The molecule has 3 heteroatoms. The lowest BCUT2D eigenvalue weighted by molar-refractivity contribution is 0.937. The number of nitriles is 1. The van der Waals surface area contributed by atoms with Crippen LogP contribution in [0.5, 0.6) is 0 Å². The number of amidine groups is 1. The van der Waals surface area contributed by atoms with E-state index in [9.17, 15) is 0 Å². The molecular formula is C10H11N3. The van der Waals surface area contributed by atoms with Gasteiger partial charge in [0.15, 0.2) is 0 Å². The van der Waals surface area contributed by atoms with Crippen LogP contribution in [0.2, 0.25) is 0 Å². The molecule has 1 atom stereocenters. The summed E-state index contributed by atoms with van der Waals surface area (Å²) in [6.45, 7) is 1.70. The molecule has 0 aliphatic carbocycles. The summed E-state index contributed by atoms with van der Waals surface area (Å²) in [6.07, 6.45) is 0. The lowest BCUT2D eigenvalue weighted by Crippen LogP contribution is -2.15. The molecule has 0 radical (unpaired) electrons. The van der Waals surface area contributed by atoms with Gasteiger partial charge in [0, 0.05) is 5.56 Å². The molecule has 0 heterocycles. The second kappa shape index (κ2) is 4.27. The molecule has 0 spiro atoms. The Hall–Kier alpha value is -1.82. The Balaban J connectivity index is 2.86. The first-order valence-electron chi connectivity index (χ1n) is 4.02.